The third-order valence-electron chi connectivity index (χ3n) is 4.68. The van der Waals surface area contributed by atoms with Crippen LogP contribution in [0.5, 0.6) is 11.5 Å². The number of aryl methyl sites for hydroxylation is 1. The largest absolute Gasteiger partial charge is 0.457 e. The Morgan fingerprint density at radius 1 is 1.13 bits per heavy atom. The van der Waals surface area contributed by atoms with Crippen LogP contribution in [0.25, 0.3) is 22.1 Å². The smallest absolute Gasteiger partial charge is 0.160 e. The van der Waals surface area contributed by atoms with Gasteiger partial charge in [0.15, 0.2) is 11.6 Å². The summed E-state index contributed by atoms with van der Waals surface area (Å²) in [4.78, 5) is 12.5. The van der Waals surface area contributed by atoms with Crippen LogP contribution in [0.15, 0.2) is 48.8 Å². The summed E-state index contributed by atoms with van der Waals surface area (Å²) in [6.07, 6.45) is 1.35. The predicted molar refractivity (Wildman–Crippen MR) is 115 cm³/mol. The Kier molecular flexibility index (Phi) is 3.82. The lowest BCUT2D eigenvalue weighted by molar-refractivity contribution is 0.472. The van der Waals surface area contributed by atoms with Gasteiger partial charge in [0.1, 0.15) is 34.0 Å². The van der Waals surface area contributed by atoms with E-state index in [4.69, 9.17) is 20.5 Å². The number of benzene rings is 2. The number of hydrogen-bond donors (Lipinski definition) is 1. The first-order valence-electron chi connectivity index (χ1n) is 10.6. The zero-order chi connectivity index (χ0) is 24.0. The summed E-state index contributed by atoms with van der Waals surface area (Å²) in [5.41, 5.74) is 2.06. The molecule has 0 unspecified atom stereocenters. The van der Waals surface area contributed by atoms with Crippen LogP contribution in [0.4, 0.5) is 15.9 Å². The number of halogens is 2. The Bertz CT molecular complexity index is 1560. The Morgan fingerprint density at radius 3 is 2.90 bits per heavy atom. The van der Waals surface area contributed by atoms with E-state index in [0.29, 0.717) is 33.6 Å². The third-order valence-corrected chi connectivity index (χ3v) is 4.89. The van der Waals surface area contributed by atoms with E-state index in [2.05, 4.69) is 30.6 Å². The highest BCUT2D eigenvalue weighted by atomic mass is 35.5. The minimum Gasteiger partial charge on any atom is -0.457 e. The van der Waals surface area contributed by atoms with E-state index in [-0.39, 0.29) is 22.2 Å². The Balaban J connectivity index is 1.44. The molecule has 5 rings (SSSR count). The fraction of sp³-hybridized carbons (Fsp3) is 0.0952. The van der Waals surface area contributed by atoms with Gasteiger partial charge in [0.2, 0.25) is 0 Å². The first-order valence-corrected chi connectivity index (χ1v) is 9.46. The molecule has 0 aliphatic heterocycles. The predicted octanol–water partition coefficient (Wildman–Crippen LogP) is 4.94. The fourth-order valence-corrected chi connectivity index (χ4v) is 3.25. The van der Waals surface area contributed by atoms with Gasteiger partial charge in [0.05, 0.1) is 16.7 Å². The van der Waals surface area contributed by atoms with E-state index in [1.165, 1.54) is 24.5 Å². The van der Waals surface area contributed by atoms with Gasteiger partial charge < -0.3 is 10.1 Å². The number of ether oxygens (including phenoxy) is 1. The lowest BCUT2D eigenvalue weighted by Crippen LogP contribution is -2.01. The second kappa shape index (κ2) is 7.44. The number of nitrogens with zero attached hydrogens (tertiary/aromatic N) is 6. The van der Waals surface area contributed by atoms with Crippen molar-refractivity contribution in [2.24, 2.45) is 6.98 Å². The maximum Gasteiger partial charge on any atom is 0.160 e. The number of aromatic nitrogens is 6. The van der Waals surface area contributed by atoms with Gasteiger partial charge in [-0.3, -0.25) is 0 Å². The average Bonchev–Trinajstić information content (AvgIpc) is 3.23. The van der Waals surface area contributed by atoms with E-state index in [9.17, 15) is 0 Å². The van der Waals surface area contributed by atoms with Crippen LogP contribution in [-0.2, 0) is 6.98 Å². The number of fused-ring (bicyclic) bond motifs is 2. The standard InChI is InChI=1S/C21H15ClFN7O/c1-11-17(31-12-3-6-16-15(9-12)28-29-30(16)2)7-4-13(19(11)23)26-21-20-14(24-10-25-21)5-8-18(22)27-20/h3-10H,1-2H3,(H,24,25,26)/i2D3. The highest BCUT2D eigenvalue weighted by molar-refractivity contribution is 6.29. The molecule has 8 nitrogen and oxygen atoms in total. The van der Waals surface area contributed by atoms with Crippen molar-refractivity contribution in [1.82, 2.24) is 29.9 Å². The zero-order valence-electron chi connectivity index (χ0n) is 19.0. The summed E-state index contributed by atoms with van der Waals surface area (Å²) in [5.74, 6) is 0.399. The summed E-state index contributed by atoms with van der Waals surface area (Å²) in [5, 5.41) is 10.8. The van der Waals surface area contributed by atoms with Gasteiger partial charge >= 0.3 is 0 Å². The normalized spacial score (nSPS) is 13.1. The molecule has 3 heterocycles. The summed E-state index contributed by atoms with van der Waals surface area (Å²) in [6, 6.07) is 11.1. The van der Waals surface area contributed by atoms with E-state index in [1.54, 1.807) is 31.2 Å². The monoisotopic (exact) mass is 438 g/mol. The summed E-state index contributed by atoms with van der Waals surface area (Å²) in [7, 11) is 0. The van der Waals surface area contributed by atoms with Gasteiger partial charge in [-0.1, -0.05) is 16.8 Å². The quantitative estimate of drug-likeness (QED) is 0.397. The molecule has 2 aromatic carbocycles. The maximum absolute atomic E-state index is 15.2. The minimum atomic E-state index is -2.45. The van der Waals surface area contributed by atoms with Crippen molar-refractivity contribution in [2.75, 3.05) is 5.32 Å². The molecular formula is C21H15ClFN7O. The van der Waals surface area contributed by atoms with Crippen LogP contribution in [0.1, 0.15) is 9.68 Å². The highest BCUT2D eigenvalue weighted by Gasteiger charge is 2.15. The average molecular weight is 439 g/mol. The van der Waals surface area contributed by atoms with E-state index in [0.717, 1.165) is 4.68 Å². The molecule has 0 aliphatic rings. The molecule has 31 heavy (non-hydrogen) atoms. The number of rotatable bonds is 4. The van der Waals surface area contributed by atoms with Crippen molar-refractivity contribution < 1.29 is 13.2 Å². The number of anilines is 2. The molecule has 10 heteroatoms. The second-order valence-corrected chi connectivity index (χ2v) is 7.04. The molecule has 0 atom stereocenters. The van der Waals surface area contributed by atoms with Crippen molar-refractivity contribution >= 4 is 45.2 Å². The highest BCUT2D eigenvalue weighted by Crippen LogP contribution is 2.33. The first-order chi connectivity index (χ1) is 16.2. The van der Waals surface area contributed by atoms with Gasteiger partial charge in [-0.2, -0.15) is 0 Å². The molecule has 0 saturated heterocycles. The SMILES string of the molecule is [2H]C([2H])([2H])n1nnc2cc(Oc3ccc(Nc4ncnc5ccc(Cl)nc45)c(F)c3C)ccc21. The molecule has 0 amide bonds. The Labute approximate surface area is 184 Å². The lowest BCUT2D eigenvalue weighted by atomic mass is 10.1. The molecule has 5 aromatic rings. The Hall–Kier alpha value is -3.85. The maximum atomic E-state index is 15.2. The van der Waals surface area contributed by atoms with Crippen molar-refractivity contribution in [3.63, 3.8) is 0 Å². The van der Waals surface area contributed by atoms with Crippen LogP contribution in [0.3, 0.4) is 0 Å². The van der Waals surface area contributed by atoms with Gasteiger partial charge in [0, 0.05) is 22.7 Å². The second-order valence-electron chi connectivity index (χ2n) is 6.65. The van der Waals surface area contributed by atoms with Crippen molar-refractivity contribution in [2.45, 2.75) is 6.92 Å². The van der Waals surface area contributed by atoms with Crippen LogP contribution in [0, 0.1) is 12.7 Å². The Morgan fingerprint density at radius 2 is 2.03 bits per heavy atom. The first kappa shape index (κ1) is 15.9. The van der Waals surface area contributed by atoms with Gasteiger partial charge in [-0.05, 0) is 43.3 Å². The van der Waals surface area contributed by atoms with Crippen LogP contribution in [0.2, 0.25) is 5.15 Å². The molecule has 0 spiro atoms. The molecule has 154 valence electrons. The molecule has 0 radical (unpaired) electrons. The van der Waals surface area contributed by atoms with Crippen LogP contribution in [-0.4, -0.2) is 29.9 Å². The lowest BCUT2D eigenvalue weighted by Gasteiger charge is -2.14. The van der Waals surface area contributed by atoms with Crippen molar-refractivity contribution in [3.8, 4) is 11.5 Å². The fourth-order valence-electron chi connectivity index (χ4n) is 3.10. The third kappa shape index (κ3) is 3.49. The molecule has 0 bridgehead atoms. The van der Waals surface area contributed by atoms with Gasteiger partial charge in [0.25, 0.3) is 0 Å². The van der Waals surface area contributed by atoms with Gasteiger partial charge in [-0.15, -0.1) is 5.10 Å². The van der Waals surface area contributed by atoms with Crippen molar-refractivity contribution in [1.29, 1.82) is 0 Å². The van der Waals surface area contributed by atoms with E-state index >= 15 is 4.39 Å². The van der Waals surface area contributed by atoms with Crippen molar-refractivity contribution in [3.05, 3.63) is 65.3 Å². The van der Waals surface area contributed by atoms with E-state index in [1.807, 2.05) is 0 Å². The number of hydrogen-bond acceptors (Lipinski definition) is 7. The topological polar surface area (TPSA) is 90.6 Å². The van der Waals surface area contributed by atoms with Crippen LogP contribution >= 0.6 is 11.6 Å². The molecule has 0 aliphatic carbocycles. The van der Waals surface area contributed by atoms with Crippen LogP contribution < -0.4 is 10.1 Å². The summed E-state index contributed by atoms with van der Waals surface area (Å²) in [6.45, 7) is -0.873. The van der Waals surface area contributed by atoms with Gasteiger partial charge in [-0.25, -0.2) is 24.0 Å². The number of pyridine rings is 1. The molecule has 3 aromatic heterocycles. The molecule has 0 saturated carbocycles. The summed E-state index contributed by atoms with van der Waals surface area (Å²) >= 11 is 5.99. The minimum absolute atomic E-state index is 0.169. The molecular weight excluding hydrogens is 421 g/mol. The van der Waals surface area contributed by atoms with E-state index < -0.39 is 12.8 Å². The molecule has 0 fully saturated rings. The molecule has 1 N–H and O–H groups in total. The number of nitrogens with one attached hydrogen (secondary N) is 1. The summed E-state index contributed by atoms with van der Waals surface area (Å²) < 4.78 is 44.4. The zero-order valence-corrected chi connectivity index (χ0v) is 16.7.